The molecule has 0 bridgehead atoms. The fourth-order valence-corrected chi connectivity index (χ4v) is 0.288. The van der Waals surface area contributed by atoms with Crippen LogP contribution in [0.15, 0.2) is 0 Å². The average Bonchev–Trinajstić information content (AvgIpc) is 1.30. The van der Waals surface area contributed by atoms with E-state index in [1.54, 1.807) is 0 Å². The summed E-state index contributed by atoms with van der Waals surface area (Å²) in [7, 11) is 5.49. The van der Waals surface area contributed by atoms with E-state index in [4.69, 9.17) is 13.0 Å². The van der Waals surface area contributed by atoms with Gasteiger partial charge in [-0.3, -0.25) is 0 Å². The summed E-state index contributed by atoms with van der Waals surface area (Å²) in [5.74, 6) is 0. The van der Waals surface area contributed by atoms with Gasteiger partial charge in [-0.25, -0.2) is 0 Å². The van der Waals surface area contributed by atoms with Crippen molar-refractivity contribution in [3.8, 4) is 0 Å². The first-order valence-electron chi connectivity index (χ1n) is 2.46. The molecule has 1 N–H and O–H groups in total. The van der Waals surface area contributed by atoms with E-state index in [0.29, 0.717) is 6.42 Å². The summed E-state index contributed by atoms with van der Waals surface area (Å²) < 4.78 is 0. The topological polar surface area (TPSA) is 20.2 Å². The van der Waals surface area contributed by atoms with Gasteiger partial charge in [0, 0.05) is 6.61 Å². The first-order valence-corrected chi connectivity index (χ1v) is 2.46. The Kier molecular flexibility index (Phi) is 2.37. The molecule has 0 saturated heterocycles. The van der Waals surface area contributed by atoms with E-state index < -0.39 is 0 Å². The average molecular weight is 98.0 g/mol. The van der Waals surface area contributed by atoms with Gasteiger partial charge >= 0.3 is 0 Å². The van der Waals surface area contributed by atoms with E-state index in [0.717, 1.165) is 0 Å². The Hall–Kier alpha value is 0.0249. The fourth-order valence-electron chi connectivity index (χ4n) is 0.288. The minimum Gasteiger partial charge on any atom is -0.396 e. The lowest BCUT2D eigenvalue weighted by Crippen LogP contribution is -2.03. The van der Waals surface area contributed by atoms with E-state index in [1.807, 2.05) is 13.8 Å². The van der Waals surface area contributed by atoms with Crippen LogP contribution < -0.4 is 0 Å². The highest BCUT2D eigenvalue weighted by molar-refractivity contribution is 6.14. The SMILES string of the molecule is [B]C(C)(C)CCO. The highest BCUT2D eigenvalue weighted by atomic mass is 16.3. The van der Waals surface area contributed by atoms with Crippen LogP contribution in [0.2, 0.25) is 5.31 Å². The van der Waals surface area contributed by atoms with Gasteiger partial charge in [0.1, 0.15) is 0 Å². The van der Waals surface area contributed by atoms with Crippen LogP contribution in [0, 0.1) is 0 Å². The summed E-state index contributed by atoms with van der Waals surface area (Å²) in [6.07, 6.45) is 0.674. The molecule has 0 atom stereocenters. The van der Waals surface area contributed by atoms with Crippen LogP contribution in [-0.2, 0) is 0 Å². The summed E-state index contributed by atoms with van der Waals surface area (Å²) in [6.45, 7) is 3.97. The smallest absolute Gasteiger partial charge is 0.0739 e. The molecule has 1 nitrogen and oxygen atoms in total. The molecule has 7 heavy (non-hydrogen) atoms. The van der Waals surface area contributed by atoms with E-state index in [-0.39, 0.29) is 11.9 Å². The van der Waals surface area contributed by atoms with Gasteiger partial charge < -0.3 is 5.11 Å². The molecule has 0 aliphatic rings. The molecule has 0 fully saturated rings. The highest BCUT2D eigenvalue weighted by Gasteiger charge is 2.06. The molecule has 0 saturated carbocycles. The van der Waals surface area contributed by atoms with E-state index >= 15 is 0 Å². The predicted octanol–water partition coefficient (Wildman–Crippen LogP) is 0.736. The third kappa shape index (κ3) is 6.02. The molecule has 0 aliphatic carbocycles. The Morgan fingerprint density at radius 2 is 2.00 bits per heavy atom. The van der Waals surface area contributed by atoms with Crippen molar-refractivity contribution in [2.24, 2.45) is 0 Å². The second kappa shape index (κ2) is 2.36. The van der Waals surface area contributed by atoms with Gasteiger partial charge in [-0.2, -0.15) is 0 Å². The number of aliphatic hydroxyl groups is 1. The quantitative estimate of drug-likeness (QED) is 0.505. The van der Waals surface area contributed by atoms with Crippen molar-refractivity contribution in [1.29, 1.82) is 0 Å². The first kappa shape index (κ1) is 7.02. The van der Waals surface area contributed by atoms with Crippen molar-refractivity contribution in [2.45, 2.75) is 25.6 Å². The lowest BCUT2D eigenvalue weighted by atomic mass is 9.70. The van der Waals surface area contributed by atoms with Gasteiger partial charge in [0.05, 0.1) is 7.85 Å². The van der Waals surface area contributed by atoms with Crippen molar-refractivity contribution in [1.82, 2.24) is 0 Å². The van der Waals surface area contributed by atoms with Crippen molar-refractivity contribution < 1.29 is 5.11 Å². The zero-order valence-corrected chi connectivity index (χ0v) is 4.94. The van der Waals surface area contributed by atoms with Gasteiger partial charge in [-0.15, -0.1) is 0 Å². The first-order chi connectivity index (χ1) is 3.06. The van der Waals surface area contributed by atoms with Gasteiger partial charge in [0.2, 0.25) is 0 Å². The van der Waals surface area contributed by atoms with E-state index in [9.17, 15) is 0 Å². The number of hydrogen-bond acceptors (Lipinski definition) is 1. The molecule has 0 aromatic rings. The summed E-state index contributed by atoms with van der Waals surface area (Å²) >= 11 is 0. The number of rotatable bonds is 2. The van der Waals surface area contributed by atoms with E-state index in [1.165, 1.54) is 0 Å². The zero-order valence-electron chi connectivity index (χ0n) is 4.94. The van der Waals surface area contributed by atoms with Gasteiger partial charge in [-0.1, -0.05) is 19.2 Å². The molecule has 0 aliphatic heterocycles. The van der Waals surface area contributed by atoms with E-state index in [2.05, 4.69) is 0 Å². The fraction of sp³-hybridized carbons (Fsp3) is 1.00. The summed E-state index contributed by atoms with van der Waals surface area (Å²) in [5, 5.41) is 8.12. The molecule has 0 unspecified atom stereocenters. The maximum atomic E-state index is 8.32. The van der Waals surface area contributed by atoms with Gasteiger partial charge in [0.15, 0.2) is 0 Å². The molecule has 2 radical (unpaired) electrons. The molecule has 0 amide bonds. The van der Waals surface area contributed by atoms with Crippen molar-refractivity contribution >= 4 is 7.85 Å². The minimum atomic E-state index is -0.200. The maximum Gasteiger partial charge on any atom is 0.0739 e. The Morgan fingerprint density at radius 3 is 2.00 bits per heavy atom. The third-order valence-electron chi connectivity index (χ3n) is 0.756. The van der Waals surface area contributed by atoms with Gasteiger partial charge in [-0.05, 0) is 6.42 Å². The molecule has 40 valence electrons. The largest absolute Gasteiger partial charge is 0.396 e. The molecule has 0 aromatic heterocycles. The molecular weight excluding hydrogens is 86.9 g/mol. The molecule has 2 heteroatoms. The Labute approximate surface area is 46.1 Å². The van der Waals surface area contributed by atoms with Crippen molar-refractivity contribution in [3.05, 3.63) is 0 Å². The van der Waals surface area contributed by atoms with Crippen LogP contribution in [0.25, 0.3) is 0 Å². The van der Waals surface area contributed by atoms with Crippen LogP contribution >= 0.6 is 0 Å². The predicted molar refractivity (Wildman–Crippen MR) is 31.5 cm³/mol. The van der Waals surface area contributed by atoms with Crippen molar-refractivity contribution in [2.75, 3.05) is 6.61 Å². The molecule has 0 aromatic carbocycles. The van der Waals surface area contributed by atoms with Crippen molar-refractivity contribution in [3.63, 3.8) is 0 Å². The third-order valence-corrected chi connectivity index (χ3v) is 0.756. The lowest BCUT2D eigenvalue weighted by molar-refractivity contribution is 0.272. The Morgan fingerprint density at radius 1 is 1.57 bits per heavy atom. The molecule has 0 spiro atoms. The molecule has 0 heterocycles. The summed E-state index contributed by atoms with van der Waals surface area (Å²) in [5.41, 5.74) is 0. The Balaban J connectivity index is 3.15. The van der Waals surface area contributed by atoms with Crippen LogP contribution in [-0.4, -0.2) is 19.6 Å². The molecular formula is C5H11BO. The highest BCUT2D eigenvalue weighted by Crippen LogP contribution is 2.21. The zero-order chi connectivity index (χ0) is 5.91. The monoisotopic (exact) mass is 98.1 g/mol. The standard InChI is InChI=1S/C5H11BO/c1-5(2,6)3-4-7/h7H,3-4H2,1-2H3. The molecule has 0 rings (SSSR count). The Bertz CT molecular complexity index is 46.5. The lowest BCUT2D eigenvalue weighted by Gasteiger charge is -2.15. The maximum absolute atomic E-state index is 8.32. The normalized spacial score (nSPS) is 11.9. The summed E-state index contributed by atoms with van der Waals surface area (Å²) in [4.78, 5) is 0. The van der Waals surface area contributed by atoms with Crippen LogP contribution in [0.1, 0.15) is 20.3 Å². The van der Waals surface area contributed by atoms with Crippen LogP contribution in [0.3, 0.4) is 0 Å². The van der Waals surface area contributed by atoms with Crippen LogP contribution in [0.5, 0.6) is 0 Å². The minimum absolute atomic E-state index is 0.184. The van der Waals surface area contributed by atoms with Gasteiger partial charge in [0.25, 0.3) is 0 Å². The number of aliphatic hydroxyl groups excluding tert-OH is 1. The second-order valence-corrected chi connectivity index (χ2v) is 2.46. The number of hydrogen-bond donors (Lipinski definition) is 1. The summed E-state index contributed by atoms with van der Waals surface area (Å²) in [6, 6.07) is 0. The second-order valence-electron chi connectivity index (χ2n) is 2.46. The van der Waals surface area contributed by atoms with Crippen LogP contribution in [0.4, 0.5) is 0 Å².